The highest BCUT2D eigenvalue weighted by Gasteiger charge is 2.37. The highest BCUT2D eigenvalue weighted by molar-refractivity contribution is 5.40. The van der Waals surface area contributed by atoms with Gasteiger partial charge in [0.2, 0.25) is 0 Å². The maximum Gasteiger partial charge on any atom is 0.122 e. The van der Waals surface area contributed by atoms with Gasteiger partial charge in [0.05, 0.1) is 19.9 Å². The molecule has 1 aliphatic rings. The predicted molar refractivity (Wildman–Crippen MR) is 83.6 cm³/mol. The average Bonchev–Trinajstić information content (AvgIpc) is 3.20. The maximum absolute atomic E-state index is 5.59. The average molecular weight is 285 g/mol. The second-order valence-corrected chi connectivity index (χ2v) is 5.87. The van der Waals surface area contributed by atoms with Gasteiger partial charge < -0.3 is 14.5 Å². The van der Waals surface area contributed by atoms with E-state index in [1.165, 1.54) is 31.2 Å². The first-order valence-electron chi connectivity index (χ1n) is 7.71. The lowest BCUT2D eigenvalue weighted by Gasteiger charge is -2.31. The van der Waals surface area contributed by atoms with Crippen molar-refractivity contribution in [1.82, 2.24) is 5.32 Å². The zero-order valence-corrected chi connectivity index (χ0v) is 12.6. The van der Waals surface area contributed by atoms with Crippen molar-refractivity contribution in [3.05, 3.63) is 54.0 Å². The topological polar surface area (TPSA) is 34.4 Å². The van der Waals surface area contributed by atoms with Crippen LogP contribution in [0.3, 0.4) is 0 Å². The first kappa shape index (κ1) is 14.2. The Balaban J connectivity index is 1.76. The van der Waals surface area contributed by atoms with E-state index < -0.39 is 0 Å². The summed E-state index contributed by atoms with van der Waals surface area (Å²) in [5, 5.41) is 3.57. The predicted octanol–water partition coefficient (Wildman–Crippen LogP) is 3.89. The van der Waals surface area contributed by atoms with E-state index in [9.17, 15) is 0 Å². The van der Waals surface area contributed by atoms with Crippen molar-refractivity contribution in [2.75, 3.05) is 13.7 Å². The van der Waals surface area contributed by atoms with Gasteiger partial charge in [-0.25, -0.2) is 0 Å². The summed E-state index contributed by atoms with van der Waals surface area (Å²) in [4.78, 5) is 0. The minimum atomic E-state index is 0.194. The third kappa shape index (κ3) is 2.98. The molecule has 0 bridgehead atoms. The first-order chi connectivity index (χ1) is 10.3. The Labute approximate surface area is 126 Å². The Hall–Kier alpha value is -1.74. The maximum atomic E-state index is 5.59. The fraction of sp³-hybridized carbons (Fsp3) is 0.444. The summed E-state index contributed by atoms with van der Waals surface area (Å²) in [6.45, 7) is 1.75. The molecular formula is C18H23NO2. The molecule has 2 aromatic rings. The van der Waals surface area contributed by atoms with Gasteiger partial charge >= 0.3 is 0 Å². The Kier molecular flexibility index (Phi) is 4.30. The molecule has 3 rings (SSSR count). The summed E-state index contributed by atoms with van der Waals surface area (Å²) in [5.74, 6) is 2.00. The Morgan fingerprint density at radius 2 is 1.95 bits per heavy atom. The smallest absolute Gasteiger partial charge is 0.122 e. The van der Waals surface area contributed by atoms with Crippen molar-refractivity contribution < 1.29 is 9.15 Å². The van der Waals surface area contributed by atoms with E-state index in [0.717, 1.165) is 24.6 Å². The third-order valence-corrected chi connectivity index (χ3v) is 4.58. The molecule has 3 heteroatoms. The molecule has 0 saturated heterocycles. The standard InChI is InChI=1S/C18H23NO2/c1-20-17-9-3-2-8-16(17)18(10-4-5-11-18)14-19-13-15-7-6-12-21-15/h2-3,6-9,12,19H,4-5,10-11,13-14H2,1H3. The van der Waals surface area contributed by atoms with Crippen molar-refractivity contribution in [2.24, 2.45) is 0 Å². The third-order valence-electron chi connectivity index (χ3n) is 4.58. The number of hydrogen-bond acceptors (Lipinski definition) is 3. The van der Waals surface area contributed by atoms with Crippen LogP contribution in [-0.4, -0.2) is 13.7 Å². The van der Waals surface area contributed by atoms with Gasteiger partial charge in [0.25, 0.3) is 0 Å². The van der Waals surface area contributed by atoms with Gasteiger partial charge in [-0.3, -0.25) is 0 Å². The molecule has 3 nitrogen and oxygen atoms in total. The summed E-state index contributed by atoms with van der Waals surface area (Å²) < 4.78 is 11.0. The van der Waals surface area contributed by atoms with Gasteiger partial charge in [-0.1, -0.05) is 31.0 Å². The second-order valence-electron chi connectivity index (χ2n) is 5.87. The van der Waals surface area contributed by atoms with Crippen molar-refractivity contribution in [2.45, 2.75) is 37.6 Å². The lowest BCUT2D eigenvalue weighted by Crippen LogP contribution is -2.36. The molecule has 1 N–H and O–H groups in total. The molecule has 0 unspecified atom stereocenters. The van der Waals surface area contributed by atoms with E-state index in [4.69, 9.17) is 9.15 Å². The van der Waals surface area contributed by atoms with Crippen LogP contribution in [0.2, 0.25) is 0 Å². The molecule has 1 aromatic carbocycles. The molecule has 0 atom stereocenters. The molecule has 1 heterocycles. The number of methoxy groups -OCH3 is 1. The SMILES string of the molecule is COc1ccccc1C1(CNCc2ccco2)CCCC1. The fourth-order valence-electron chi connectivity index (χ4n) is 3.51. The van der Waals surface area contributed by atoms with E-state index >= 15 is 0 Å². The monoisotopic (exact) mass is 285 g/mol. The van der Waals surface area contributed by atoms with Gasteiger partial charge in [-0.2, -0.15) is 0 Å². The fourth-order valence-corrected chi connectivity index (χ4v) is 3.51. The van der Waals surface area contributed by atoms with Gasteiger partial charge in [-0.15, -0.1) is 0 Å². The van der Waals surface area contributed by atoms with E-state index in [1.807, 2.05) is 18.2 Å². The lowest BCUT2D eigenvalue weighted by atomic mass is 9.78. The van der Waals surface area contributed by atoms with Crippen molar-refractivity contribution >= 4 is 0 Å². The van der Waals surface area contributed by atoms with Crippen LogP contribution in [0.15, 0.2) is 47.1 Å². The van der Waals surface area contributed by atoms with Gasteiger partial charge in [0.1, 0.15) is 11.5 Å². The molecule has 1 saturated carbocycles. The number of ether oxygens (including phenoxy) is 1. The van der Waals surface area contributed by atoms with E-state index in [1.54, 1.807) is 13.4 Å². The number of furan rings is 1. The Bertz CT molecular complexity index is 556. The molecule has 21 heavy (non-hydrogen) atoms. The quantitative estimate of drug-likeness (QED) is 0.874. The molecular weight excluding hydrogens is 262 g/mol. The lowest BCUT2D eigenvalue weighted by molar-refractivity contribution is 0.355. The van der Waals surface area contributed by atoms with E-state index in [-0.39, 0.29) is 5.41 Å². The summed E-state index contributed by atoms with van der Waals surface area (Å²) in [5.41, 5.74) is 1.54. The molecule has 1 fully saturated rings. The van der Waals surface area contributed by atoms with Crippen LogP contribution in [0.4, 0.5) is 0 Å². The molecule has 0 radical (unpaired) electrons. The zero-order valence-electron chi connectivity index (χ0n) is 12.6. The summed E-state index contributed by atoms with van der Waals surface area (Å²) in [6.07, 6.45) is 6.75. The van der Waals surface area contributed by atoms with Crippen LogP contribution >= 0.6 is 0 Å². The van der Waals surface area contributed by atoms with Crippen LogP contribution < -0.4 is 10.1 Å². The van der Waals surface area contributed by atoms with Crippen molar-refractivity contribution in [1.29, 1.82) is 0 Å². The zero-order chi connectivity index (χ0) is 14.5. The van der Waals surface area contributed by atoms with Gasteiger partial charge in [-0.05, 0) is 31.0 Å². The first-order valence-corrected chi connectivity index (χ1v) is 7.71. The van der Waals surface area contributed by atoms with Crippen molar-refractivity contribution in [3.63, 3.8) is 0 Å². The minimum absolute atomic E-state index is 0.194. The van der Waals surface area contributed by atoms with Crippen LogP contribution in [0.5, 0.6) is 5.75 Å². The molecule has 0 amide bonds. The van der Waals surface area contributed by atoms with Crippen LogP contribution in [0.1, 0.15) is 37.0 Å². The molecule has 0 spiro atoms. The minimum Gasteiger partial charge on any atom is -0.496 e. The van der Waals surface area contributed by atoms with Crippen LogP contribution in [0, 0.1) is 0 Å². The molecule has 1 aromatic heterocycles. The second kappa shape index (κ2) is 6.35. The molecule has 112 valence electrons. The molecule has 0 aliphatic heterocycles. The number of para-hydroxylation sites is 1. The number of nitrogens with one attached hydrogen (secondary N) is 1. The van der Waals surface area contributed by atoms with Gasteiger partial charge in [0.15, 0.2) is 0 Å². The Morgan fingerprint density at radius 1 is 1.14 bits per heavy atom. The molecule has 1 aliphatic carbocycles. The summed E-state index contributed by atoms with van der Waals surface area (Å²) >= 11 is 0. The van der Waals surface area contributed by atoms with Crippen LogP contribution in [0.25, 0.3) is 0 Å². The highest BCUT2D eigenvalue weighted by atomic mass is 16.5. The number of benzene rings is 1. The summed E-state index contributed by atoms with van der Waals surface area (Å²) in [6, 6.07) is 12.4. The van der Waals surface area contributed by atoms with E-state index in [2.05, 4.69) is 23.5 Å². The van der Waals surface area contributed by atoms with Gasteiger partial charge in [0, 0.05) is 17.5 Å². The summed E-state index contributed by atoms with van der Waals surface area (Å²) in [7, 11) is 1.76. The number of rotatable bonds is 6. The number of hydrogen-bond donors (Lipinski definition) is 1. The highest BCUT2D eigenvalue weighted by Crippen LogP contribution is 2.44. The van der Waals surface area contributed by atoms with E-state index in [0.29, 0.717) is 0 Å². The largest absolute Gasteiger partial charge is 0.496 e. The van der Waals surface area contributed by atoms with Crippen molar-refractivity contribution in [3.8, 4) is 5.75 Å². The Morgan fingerprint density at radius 3 is 2.67 bits per heavy atom. The van der Waals surface area contributed by atoms with Crippen LogP contribution in [-0.2, 0) is 12.0 Å². The normalized spacial score (nSPS) is 17.0.